The molecule has 0 unspecified atom stereocenters. The van der Waals surface area contributed by atoms with Crippen LogP contribution in [0.25, 0.3) is 10.4 Å². The Balaban J connectivity index is 1.16. The predicted molar refractivity (Wildman–Crippen MR) is 176 cm³/mol. The second kappa shape index (κ2) is 14.3. The van der Waals surface area contributed by atoms with Gasteiger partial charge < -0.3 is 26.0 Å². The number of benzene rings is 1. The minimum absolute atomic E-state index is 0.0567. The number of aromatic nitrogens is 1. The third kappa shape index (κ3) is 8.30. The van der Waals surface area contributed by atoms with Crippen molar-refractivity contribution in [3.05, 3.63) is 41.0 Å². The van der Waals surface area contributed by atoms with Crippen molar-refractivity contribution in [3.8, 4) is 10.4 Å². The van der Waals surface area contributed by atoms with Crippen LogP contribution < -0.4 is 16.0 Å². The molecule has 3 aliphatic rings. The lowest BCUT2D eigenvalue weighted by Crippen LogP contribution is -2.60. The number of hydrogen-bond acceptors (Lipinski definition) is 8. The van der Waals surface area contributed by atoms with E-state index in [0.717, 1.165) is 53.8 Å². The van der Waals surface area contributed by atoms with Crippen LogP contribution in [0.15, 0.2) is 29.8 Å². The van der Waals surface area contributed by atoms with E-state index in [2.05, 4.69) is 25.8 Å². The lowest BCUT2D eigenvalue weighted by Gasteiger charge is -2.41. The van der Waals surface area contributed by atoms with Gasteiger partial charge in [-0.05, 0) is 74.6 Å². The van der Waals surface area contributed by atoms with E-state index >= 15 is 0 Å². The number of aliphatic hydroxyl groups is 1. The topological polar surface area (TPSA) is 127 Å². The third-order valence-corrected chi connectivity index (χ3v) is 10.6. The average Bonchev–Trinajstić information content (AvgIpc) is 3.59. The maximum absolute atomic E-state index is 14.0. The molecule has 3 saturated heterocycles. The van der Waals surface area contributed by atoms with E-state index in [-0.39, 0.29) is 43.3 Å². The second-order valence-corrected chi connectivity index (χ2v) is 15.2. The zero-order valence-corrected chi connectivity index (χ0v) is 28.2. The highest BCUT2D eigenvalue weighted by Gasteiger charge is 2.45. The van der Waals surface area contributed by atoms with Crippen LogP contribution in [0, 0.1) is 24.2 Å². The Kier molecular flexibility index (Phi) is 10.6. The Morgan fingerprint density at radius 1 is 1.07 bits per heavy atom. The Morgan fingerprint density at radius 2 is 1.76 bits per heavy atom. The van der Waals surface area contributed by atoms with Gasteiger partial charge in [-0.15, -0.1) is 11.3 Å². The van der Waals surface area contributed by atoms with Gasteiger partial charge in [0, 0.05) is 26.1 Å². The molecular formula is C34H50N6O4S. The molecule has 0 spiro atoms. The first-order valence-corrected chi connectivity index (χ1v) is 17.3. The van der Waals surface area contributed by atoms with Gasteiger partial charge in [-0.3, -0.25) is 19.3 Å². The number of carbonyl (C=O) groups is 3. The van der Waals surface area contributed by atoms with Crippen molar-refractivity contribution in [1.82, 2.24) is 30.7 Å². The fraction of sp³-hybridized carbons (Fsp3) is 0.647. The van der Waals surface area contributed by atoms with Gasteiger partial charge >= 0.3 is 0 Å². The maximum Gasteiger partial charge on any atom is 0.246 e. The predicted octanol–water partition coefficient (Wildman–Crippen LogP) is 3.11. The second-order valence-electron chi connectivity index (χ2n) is 14.4. The van der Waals surface area contributed by atoms with Gasteiger partial charge in [0.05, 0.1) is 34.8 Å². The van der Waals surface area contributed by atoms with Gasteiger partial charge in [-0.25, -0.2) is 4.98 Å². The van der Waals surface area contributed by atoms with E-state index in [1.807, 2.05) is 64.4 Å². The van der Waals surface area contributed by atoms with Gasteiger partial charge in [0.1, 0.15) is 12.1 Å². The summed E-state index contributed by atoms with van der Waals surface area (Å²) in [6, 6.07) is 6.10. The molecule has 0 aliphatic carbocycles. The molecule has 4 N–H and O–H groups in total. The summed E-state index contributed by atoms with van der Waals surface area (Å²) >= 11 is 1.59. The number of piperidine rings is 1. The minimum Gasteiger partial charge on any atom is -0.391 e. The Hall–Kier alpha value is -2.86. The SMILES string of the molecule is Cc1ncsc1-c1ccc([C@H](C)NC(=O)[C@@H]2C[C@@H](O)CN2C(=O)[C@@H](NC(=O)CN2CC(CC3CCNCC3)C2)C(C)(C)C)cc1. The smallest absolute Gasteiger partial charge is 0.246 e. The van der Waals surface area contributed by atoms with Crippen molar-refractivity contribution in [1.29, 1.82) is 0 Å². The van der Waals surface area contributed by atoms with Gasteiger partial charge in [-0.1, -0.05) is 45.0 Å². The van der Waals surface area contributed by atoms with Crippen LogP contribution in [-0.4, -0.2) is 95.1 Å². The lowest BCUT2D eigenvalue weighted by atomic mass is 9.84. The number of β-amino-alcohol motifs (C(OH)–C–C–N with tert-alkyl or cyclic N) is 1. The Morgan fingerprint density at radius 3 is 2.38 bits per heavy atom. The molecule has 45 heavy (non-hydrogen) atoms. The Labute approximate surface area is 271 Å². The summed E-state index contributed by atoms with van der Waals surface area (Å²) < 4.78 is 0. The van der Waals surface area contributed by atoms with Crippen molar-refractivity contribution in [2.75, 3.05) is 39.3 Å². The van der Waals surface area contributed by atoms with Crippen molar-refractivity contribution in [3.63, 3.8) is 0 Å². The summed E-state index contributed by atoms with van der Waals surface area (Å²) in [7, 11) is 0. The summed E-state index contributed by atoms with van der Waals surface area (Å²) in [5.74, 6) is 0.577. The fourth-order valence-corrected chi connectivity index (χ4v) is 7.78. The first-order chi connectivity index (χ1) is 21.4. The normalized spacial score (nSPS) is 22.9. The Bertz CT molecular complexity index is 1330. The van der Waals surface area contributed by atoms with Gasteiger partial charge in [0.25, 0.3) is 0 Å². The van der Waals surface area contributed by atoms with Gasteiger partial charge in [0.2, 0.25) is 17.7 Å². The number of nitrogens with one attached hydrogen (secondary N) is 3. The summed E-state index contributed by atoms with van der Waals surface area (Å²) in [4.78, 5) is 49.7. The first-order valence-electron chi connectivity index (χ1n) is 16.4. The van der Waals surface area contributed by atoms with Crippen LogP contribution in [0.4, 0.5) is 0 Å². The number of aryl methyl sites for hydroxylation is 1. The van der Waals surface area contributed by atoms with Crippen LogP contribution in [0.1, 0.15) is 70.7 Å². The molecule has 10 nitrogen and oxygen atoms in total. The van der Waals surface area contributed by atoms with E-state index in [1.54, 1.807) is 11.3 Å². The number of nitrogens with zero attached hydrogens (tertiary/aromatic N) is 3. The van der Waals surface area contributed by atoms with Crippen molar-refractivity contribution >= 4 is 29.1 Å². The number of rotatable bonds is 10. The molecule has 246 valence electrons. The summed E-state index contributed by atoms with van der Waals surface area (Å²) in [5.41, 5.74) is 4.25. The molecule has 2 aromatic rings. The number of amides is 3. The molecular weight excluding hydrogens is 588 g/mol. The monoisotopic (exact) mass is 638 g/mol. The van der Waals surface area contributed by atoms with Crippen LogP contribution in [0.2, 0.25) is 0 Å². The maximum atomic E-state index is 14.0. The van der Waals surface area contributed by atoms with Crippen LogP contribution >= 0.6 is 11.3 Å². The molecule has 0 radical (unpaired) electrons. The molecule has 0 bridgehead atoms. The molecule has 4 atom stereocenters. The average molecular weight is 639 g/mol. The summed E-state index contributed by atoms with van der Waals surface area (Å²) in [5, 5.41) is 20.0. The molecule has 3 fully saturated rings. The number of aliphatic hydroxyl groups excluding tert-OH is 1. The van der Waals surface area contributed by atoms with Gasteiger partial charge in [0.15, 0.2) is 0 Å². The molecule has 5 rings (SSSR count). The first kappa shape index (κ1) is 33.5. The van der Waals surface area contributed by atoms with E-state index in [4.69, 9.17) is 0 Å². The number of likely N-dealkylation sites (tertiary alicyclic amines) is 2. The van der Waals surface area contributed by atoms with E-state index < -0.39 is 23.6 Å². The molecule has 1 aromatic heterocycles. The zero-order chi connectivity index (χ0) is 32.3. The number of hydrogen-bond donors (Lipinski definition) is 4. The quantitative estimate of drug-likeness (QED) is 0.315. The highest BCUT2D eigenvalue weighted by Crippen LogP contribution is 2.30. The van der Waals surface area contributed by atoms with Crippen LogP contribution in [0.5, 0.6) is 0 Å². The molecule has 4 heterocycles. The highest BCUT2D eigenvalue weighted by molar-refractivity contribution is 7.13. The van der Waals surface area contributed by atoms with Gasteiger partial charge in [-0.2, -0.15) is 0 Å². The minimum atomic E-state index is -0.822. The van der Waals surface area contributed by atoms with Crippen molar-refractivity contribution < 1.29 is 19.5 Å². The largest absolute Gasteiger partial charge is 0.391 e. The molecule has 3 amide bonds. The number of thiazole rings is 1. The van der Waals surface area contributed by atoms with E-state index in [1.165, 1.54) is 24.2 Å². The summed E-state index contributed by atoms with van der Waals surface area (Å²) in [6.07, 6.45) is 3.04. The molecule has 1 aromatic carbocycles. The standard InChI is InChI=1S/C34H50N6O4S/c1-21(25-6-8-26(9-7-25)30-22(2)36-20-45-30)37-32(43)28-15-27(41)18-40(28)33(44)31(34(3,4)5)38-29(42)19-39-16-24(17-39)14-23-10-12-35-13-11-23/h6-9,20-21,23-24,27-28,31,35,41H,10-19H2,1-5H3,(H,37,43)(H,38,42)/t21-,27+,28-,31+/m0/s1. The van der Waals surface area contributed by atoms with Crippen molar-refractivity contribution in [2.24, 2.45) is 17.3 Å². The van der Waals surface area contributed by atoms with Crippen LogP contribution in [0.3, 0.4) is 0 Å². The van der Waals surface area contributed by atoms with E-state index in [9.17, 15) is 19.5 Å². The highest BCUT2D eigenvalue weighted by atomic mass is 32.1. The van der Waals surface area contributed by atoms with Crippen molar-refractivity contribution in [2.45, 2.75) is 84.5 Å². The molecule has 0 saturated carbocycles. The van der Waals surface area contributed by atoms with Crippen LogP contribution in [-0.2, 0) is 14.4 Å². The third-order valence-electron chi connectivity index (χ3n) is 9.59. The lowest BCUT2D eigenvalue weighted by molar-refractivity contribution is -0.144. The summed E-state index contributed by atoms with van der Waals surface area (Å²) in [6.45, 7) is 14.0. The van der Waals surface area contributed by atoms with E-state index in [0.29, 0.717) is 5.92 Å². The molecule has 11 heteroatoms. The fourth-order valence-electron chi connectivity index (χ4n) is 6.97. The number of carbonyl (C=O) groups excluding carboxylic acids is 3. The molecule has 3 aliphatic heterocycles. The zero-order valence-electron chi connectivity index (χ0n) is 27.3.